The molecule has 1 unspecified atom stereocenters. The van der Waals surface area contributed by atoms with E-state index >= 15 is 0 Å². The summed E-state index contributed by atoms with van der Waals surface area (Å²) in [6, 6.07) is 3.51. The zero-order chi connectivity index (χ0) is 25.1. The highest BCUT2D eigenvalue weighted by Crippen LogP contribution is 2.38. The summed E-state index contributed by atoms with van der Waals surface area (Å²) in [5.74, 6) is -1.67. The van der Waals surface area contributed by atoms with Crippen LogP contribution >= 0.6 is 11.6 Å². The van der Waals surface area contributed by atoms with E-state index in [1.807, 2.05) is 0 Å². The summed E-state index contributed by atoms with van der Waals surface area (Å²) < 4.78 is 65.6. The van der Waals surface area contributed by atoms with Crippen molar-refractivity contribution in [2.45, 2.75) is 43.1 Å². The van der Waals surface area contributed by atoms with Crippen LogP contribution in [0.2, 0.25) is 5.02 Å². The highest BCUT2D eigenvalue weighted by molar-refractivity contribution is 7.91. The molecule has 3 aromatic rings. The Labute approximate surface area is 205 Å². The van der Waals surface area contributed by atoms with E-state index in [0.29, 0.717) is 24.6 Å². The van der Waals surface area contributed by atoms with Gasteiger partial charge in [-0.3, -0.25) is 0 Å². The fourth-order valence-corrected chi connectivity index (χ4v) is 5.30. The number of aromatic nitrogens is 3. The fraction of sp³-hybridized carbons (Fsp3) is 0.455. The Balaban J connectivity index is 1.33. The van der Waals surface area contributed by atoms with Gasteiger partial charge in [-0.1, -0.05) is 18.5 Å². The molecular formula is C22H24ClF2N5O4S. The van der Waals surface area contributed by atoms with Crippen LogP contribution in [0, 0.1) is 22.3 Å². The zero-order valence-electron chi connectivity index (χ0n) is 19.2. The van der Waals surface area contributed by atoms with Gasteiger partial charge >= 0.3 is 0 Å². The molecule has 4 heterocycles. The zero-order valence-corrected chi connectivity index (χ0v) is 20.7. The van der Waals surface area contributed by atoms with Crippen LogP contribution in [0.3, 0.4) is 0 Å². The van der Waals surface area contributed by atoms with E-state index in [1.54, 1.807) is 0 Å². The third-order valence-electron chi connectivity index (χ3n) is 6.72. The molecule has 2 aromatic heterocycles. The molecule has 2 saturated heterocycles. The average Bonchev–Trinajstić information content (AvgIpc) is 3.40. The minimum absolute atomic E-state index is 0.0667. The molecule has 0 amide bonds. The van der Waals surface area contributed by atoms with E-state index in [1.165, 1.54) is 6.07 Å². The van der Waals surface area contributed by atoms with Gasteiger partial charge in [-0.15, -0.1) is 0 Å². The predicted octanol–water partition coefficient (Wildman–Crippen LogP) is 3.65. The molecule has 9 nitrogen and oxygen atoms in total. The summed E-state index contributed by atoms with van der Waals surface area (Å²) in [5, 5.41) is 3.59. The summed E-state index contributed by atoms with van der Waals surface area (Å²) in [4.78, 5) is 11.4. The molecule has 0 spiro atoms. The van der Waals surface area contributed by atoms with Gasteiger partial charge < -0.3 is 24.5 Å². The number of pyridine rings is 1. The molecule has 13 heteroatoms. The minimum atomic E-state index is -3.27. The number of H-pyrrole nitrogens is 1. The maximum Gasteiger partial charge on any atom is 0.296 e. The van der Waals surface area contributed by atoms with Gasteiger partial charge in [0.25, 0.3) is 6.01 Å². The van der Waals surface area contributed by atoms with Gasteiger partial charge in [0.1, 0.15) is 35.5 Å². The Kier molecular flexibility index (Phi) is 5.90. The van der Waals surface area contributed by atoms with Crippen LogP contribution in [0.1, 0.15) is 19.4 Å². The minimum Gasteiger partial charge on any atom is -0.471 e. The van der Waals surface area contributed by atoms with E-state index in [9.17, 15) is 13.0 Å². The molecule has 5 rings (SSSR count). The van der Waals surface area contributed by atoms with Crippen molar-refractivity contribution in [3.8, 4) is 11.9 Å². The van der Waals surface area contributed by atoms with E-state index in [2.05, 4.69) is 34.1 Å². The maximum atomic E-state index is 14.4. The molecule has 5 atom stereocenters. The molecule has 35 heavy (non-hydrogen) atoms. The van der Waals surface area contributed by atoms with Crippen LogP contribution in [-0.2, 0) is 21.1 Å². The van der Waals surface area contributed by atoms with Gasteiger partial charge in [-0.05, 0) is 25.1 Å². The molecule has 2 aliphatic rings. The Bertz CT molecular complexity index is 1400. The Hall–Kier alpha value is -2.54. The lowest BCUT2D eigenvalue weighted by atomic mass is 9.86. The normalized spacial score (nSPS) is 27.7. The van der Waals surface area contributed by atoms with Gasteiger partial charge in [-0.25, -0.2) is 17.8 Å². The first-order valence-electron chi connectivity index (χ1n) is 10.9. The number of ether oxygens (including phenoxy) is 3. The molecule has 0 saturated carbocycles. The van der Waals surface area contributed by atoms with Crippen molar-refractivity contribution >= 4 is 32.5 Å². The van der Waals surface area contributed by atoms with Crippen LogP contribution in [0.25, 0.3) is 11.2 Å². The highest BCUT2D eigenvalue weighted by atomic mass is 35.5. The van der Waals surface area contributed by atoms with Crippen molar-refractivity contribution in [3.63, 3.8) is 0 Å². The quantitative estimate of drug-likeness (QED) is 0.447. The number of hydrogen-bond donors (Lipinski definition) is 3. The van der Waals surface area contributed by atoms with Gasteiger partial charge in [0.2, 0.25) is 5.88 Å². The molecule has 3 N–H and O–H groups in total. The number of benzene rings is 1. The lowest BCUT2D eigenvalue weighted by molar-refractivity contribution is 0.0163. The lowest BCUT2D eigenvalue weighted by Gasteiger charge is -2.27. The van der Waals surface area contributed by atoms with E-state index < -0.39 is 33.5 Å². The van der Waals surface area contributed by atoms with Crippen LogP contribution in [0.5, 0.6) is 11.9 Å². The third kappa shape index (κ3) is 4.32. The number of nitrogens with zero attached hydrogens (tertiary/aromatic N) is 2. The first-order valence-corrected chi connectivity index (χ1v) is 13.2. The largest absolute Gasteiger partial charge is 0.471 e. The standard InChI is InChI=1S/C22H24ClF2N5O4S/c1-10-8-32-18-17(7-27-22(10,18)2)34-21-28-16-6-13(23)20(29-19(16)30-21)33-9-12-14(24)4-11(5-15(12)25)35(3,26)31/h4-6,10,17-18,26-27H,7-9H2,1-3H3,(H,28,29,30)/t10-,17-,18-,22-,35?/m1/s1. The Morgan fingerprint density at radius 1 is 1.31 bits per heavy atom. The number of imidazole rings is 1. The molecular weight excluding hydrogens is 504 g/mol. The smallest absolute Gasteiger partial charge is 0.296 e. The molecule has 0 aliphatic carbocycles. The van der Waals surface area contributed by atoms with Gasteiger partial charge in [-0.2, -0.15) is 9.97 Å². The summed E-state index contributed by atoms with van der Waals surface area (Å²) in [5.41, 5.74) is 0.187. The molecule has 1 aromatic carbocycles. The number of fused-ring (bicyclic) bond motifs is 2. The number of hydrogen-bond acceptors (Lipinski definition) is 8. The molecule has 0 bridgehead atoms. The number of aromatic amines is 1. The summed E-state index contributed by atoms with van der Waals surface area (Å²) in [7, 11) is -3.27. The van der Waals surface area contributed by atoms with E-state index in [0.717, 1.165) is 18.4 Å². The van der Waals surface area contributed by atoms with Crippen molar-refractivity contribution in [2.24, 2.45) is 5.92 Å². The number of rotatable bonds is 6. The molecule has 2 aliphatic heterocycles. The summed E-state index contributed by atoms with van der Waals surface area (Å²) in [6.45, 7) is 4.99. The fourth-order valence-electron chi connectivity index (χ4n) is 4.44. The molecule has 2 fully saturated rings. The SMILES string of the molecule is C[C@@H]1CO[C@@H]2[C@H](Oc3nc4nc(OCc5c(F)cc(S(C)(=N)=O)cc5F)c(Cl)cc4[nH]3)CN[C@]12C. The van der Waals surface area contributed by atoms with Crippen LogP contribution in [0.4, 0.5) is 8.78 Å². The number of nitrogens with one attached hydrogen (secondary N) is 3. The second kappa shape index (κ2) is 8.54. The predicted molar refractivity (Wildman–Crippen MR) is 124 cm³/mol. The van der Waals surface area contributed by atoms with Crippen molar-refractivity contribution in [1.29, 1.82) is 4.78 Å². The first-order chi connectivity index (χ1) is 16.5. The number of halogens is 3. The molecule has 0 radical (unpaired) electrons. The lowest BCUT2D eigenvalue weighted by Crippen LogP contribution is -2.47. The third-order valence-corrected chi connectivity index (χ3v) is 8.12. The summed E-state index contributed by atoms with van der Waals surface area (Å²) >= 11 is 6.26. The van der Waals surface area contributed by atoms with E-state index in [-0.39, 0.29) is 45.2 Å². The second-order valence-electron chi connectivity index (χ2n) is 9.16. The second-order valence-corrected chi connectivity index (χ2v) is 11.7. The summed E-state index contributed by atoms with van der Waals surface area (Å²) in [6.07, 6.45) is 0.724. The van der Waals surface area contributed by atoms with Crippen molar-refractivity contribution in [2.75, 3.05) is 19.4 Å². The van der Waals surface area contributed by atoms with Gasteiger partial charge in [0.15, 0.2) is 5.65 Å². The van der Waals surface area contributed by atoms with Crippen molar-refractivity contribution in [1.82, 2.24) is 20.3 Å². The van der Waals surface area contributed by atoms with Gasteiger partial charge in [0.05, 0.1) is 37.9 Å². The van der Waals surface area contributed by atoms with Crippen LogP contribution < -0.4 is 14.8 Å². The molecule has 188 valence electrons. The maximum absolute atomic E-state index is 14.4. The highest BCUT2D eigenvalue weighted by Gasteiger charge is 2.54. The monoisotopic (exact) mass is 527 g/mol. The van der Waals surface area contributed by atoms with Crippen molar-refractivity contribution < 1.29 is 27.2 Å². The topological polar surface area (TPSA) is 122 Å². The van der Waals surface area contributed by atoms with E-state index in [4.69, 9.17) is 30.6 Å². The first kappa shape index (κ1) is 24.2. The van der Waals surface area contributed by atoms with Crippen molar-refractivity contribution in [3.05, 3.63) is 40.4 Å². The van der Waals surface area contributed by atoms with Gasteiger partial charge in [0, 0.05) is 18.7 Å². The Morgan fingerprint density at radius 2 is 2.03 bits per heavy atom. The van der Waals surface area contributed by atoms with Crippen LogP contribution in [-0.4, -0.2) is 56.3 Å². The van der Waals surface area contributed by atoms with Crippen LogP contribution in [0.15, 0.2) is 23.1 Å². The Morgan fingerprint density at radius 3 is 2.71 bits per heavy atom. The average molecular weight is 528 g/mol.